The van der Waals surface area contributed by atoms with Crippen LogP contribution in [0.4, 0.5) is 11.5 Å². The van der Waals surface area contributed by atoms with Gasteiger partial charge in [0.05, 0.1) is 5.75 Å². The molecule has 6 heteroatoms. The van der Waals surface area contributed by atoms with E-state index >= 15 is 0 Å². The van der Waals surface area contributed by atoms with Gasteiger partial charge in [-0.05, 0) is 23.1 Å². The number of pyridine rings is 1. The first-order valence-corrected chi connectivity index (χ1v) is 11.7. The van der Waals surface area contributed by atoms with Gasteiger partial charge in [-0.1, -0.05) is 42.5 Å². The third-order valence-corrected chi connectivity index (χ3v) is 7.00. The van der Waals surface area contributed by atoms with Crippen LogP contribution in [-0.4, -0.2) is 60.8 Å². The molecule has 2 aliphatic heterocycles. The topological polar surface area (TPSA) is 39.7 Å². The minimum absolute atomic E-state index is 0.226. The van der Waals surface area contributed by atoms with Crippen LogP contribution in [0.5, 0.6) is 0 Å². The van der Waals surface area contributed by atoms with Crippen molar-refractivity contribution in [3.05, 3.63) is 66.4 Å². The third-order valence-electron chi connectivity index (χ3n) is 6.03. The van der Waals surface area contributed by atoms with Crippen molar-refractivity contribution >= 4 is 39.9 Å². The molecule has 3 aromatic rings. The van der Waals surface area contributed by atoms with Crippen molar-refractivity contribution in [3.8, 4) is 0 Å². The van der Waals surface area contributed by atoms with Crippen LogP contribution in [0, 0.1) is 0 Å². The lowest BCUT2D eigenvalue weighted by Crippen LogP contribution is -2.49. The van der Waals surface area contributed by atoms with Crippen LogP contribution in [0.15, 0.2) is 60.8 Å². The van der Waals surface area contributed by atoms with Crippen molar-refractivity contribution in [1.82, 2.24) is 9.88 Å². The zero-order valence-electron chi connectivity index (χ0n) is 17.0. The first kappa shape index (κ1) is 19.4. The van der Waals surface area contributed by atoms with Crippen molar-refractivity contribution in [2.75, 3.05) is 54.8 Å². The predicted octanol–water partition coefficient (Wildman–Crippen LogP) is 3.64. The van der Waals surface area contributed by atoms with Gasteiger partial charge < -0.3 is 9.80 Å². The molecule has 1 saturated heterocycles. The van der Waals surface area contributed by atoms with Gasteiger partial charge >= 0.3 is 0 Å². The molecule has 0 N–H and O–H groups in total. The summed E-state index contributed by atoms with van der Waals surface area (Å²) in [5.74, 6) is 2.79. The van der Waals surface area contributed by atoms with E-state index in [2.05, 4.69) is 63.3 Å². The SMILES string of the molecule is O=C1CSCc2ccccc2N1CCN1CCN(c2nccc3ccccc23)CC1. The highest BCUT2D eigenvalue weighted by Crippen LogP contribution is 2.29. The summed E-state index contributed by atoms with van der Waals surface area (Å²) in [6.45, 7) is 5.56. The van der Waals surface area contributed by atoms with Gasteiger partial charge in [-0.25, -0.2) is 4.98 Å². The van der Waals surface area contributed by atoms with Crippen LogP contribution in [-0.2, 0) is 10.5 Å². The van der Waals surface area contributed by atoms with Gasteiger partial charge in [0.25, 0.3) is 0 Å². The maximum Gasteiger partial charge on any atom is 0.237 e. The average molecular weight is 419 g/mol. The molecular weight excluding hydrogens is 392 g/mol. The number of anilines is 2. The van der Waals surface area contributed by atoms with Gasteiger partial charge in [-0.3, -0.25) is 9.69 Å². The Balaban J connectivity index is 1.23. The molecule has 2 aliphatic rings. The highest BCUT2D eigenvalue weighted by molar-refractivity contribution is 7.99. The van der Waals surface area contributed by atoms with E-state index in [9.17, 15) is 4.79 Å². The monoisotopic (exact) mass is 418 g/mol. The molecule has 0 atom stereocenters. The fourth-order valence-corrected chi connectivity index (χ4v) is 5.28. The Kier molecular flexibility index (Phi) is 5.60. The Morgan fingerprint density at radius 1 is 0.867 bits per heavy atom. The van der Waals surface area contributed by atoms with Crippen LogP contribution in [0.1, 0.15) is 5.56 Å². The highest BCUT2D eigenvalue weighted by atomic mass is 32.2. The summed E-state index contributed by atoms with van der Waals surface area (Å²) in [6.07, 6.45) is 1.91. The summed E-state index contributed by atoms with van der Waals surface area (Å²) in [5.41, 5.74) is 2.35. The molecule has 3 heterocycles. The van der Waals surface area contributed by atoms with Gasteiger partial charge in [0.15, 0.2) is 0 Å². The largest absolute Gasteiger partial charge is 0.354 e. The third kappa shape index (κ3) is 3.89. The number of piperazine rings is 1. The maximum atomic E-state index is 12.7. The molecular formula is C24H26N4OS. The van der Waals surface area contributed by atoms with E-state index in [0.29, 0.717) is 5.75 Å². The van der Waals surface area contributed by atoms with Gasteiger partial charge in [0.1, 0.15) is 5.82 Å². The van der Waals surface area contributed by atoms with Crippen LogP contribution in [0.2, 0.25) is 0 Å². The molecule has 0 radical (unpaired) electrons. The first-order valence-electron chi connectivity index (χ1n) is 10.6. The summed E-state index contributed by atoms with van der Waals surface area (Å²) >= 11 is 1.71. The average Bonchev–Trinajstić information content (AvgIpc) is 2.96. The molecule has 5 nitrogen and oxygen atoms in total. The number of hydrogen-bond donors (Lipinski definition) is 0. The number of fused-ring (bicyclic) bond motifs is 2. The summed E-state index contributed by atoms with van der Waals surface area (Å²) in [5, 5.41) is 2.46. The molecule has 30 heavy (non-hydrogen) atoms. The second-order valence-electron chi connectivity index (χ2n) is 7.85. The smallest absolute Gasteiger partial charge is 0.237 e. The molecule has 1 fully saturated rings. The zero-order valence-corrected chi connectivity index (χ0v) is 17.9. The van der Waals surface area contributed by atoms with E-state index < -0.39 is 0 Å². The first-order chi connectivity index (χ1) is 14.8. The molecule has 154 valence electrons. The normalized spacial score (nSPS) is 17.8. The standard InChI is InChI=1S/C24H26N4OS/c29-23-18-30-17-20-6-2-4-8-22(20)28(23)16-13-26-11-14-27(15-12-26)24-21-7-3-1-5-19(21)9-10-25-24/h1-10H,11-18H2. The van der Waals surface area contributed by atoms with E-state index in [-0.39, 0.29) is 5.91 Å². The number of hydrogen-bond acceptors (Lipinski definition) is 5. The number of thioether (sulfide) groups is 1. The number of carbonyl (C=O) groups excluding carboxylic acids is 1. The van der Waals surface area contributed by atoms with Crippen molar-refractivity contribution in [3.63, 3.8) is 0 Å². The van der Waals surface area contributed by atoms with Crippen molar-refractivity contribution in [2.45, 2.75) is 5.75 Å². The van der Waals surface area contributed by atoms with Crippen LogP contribution in [0.25, 0.3) is 10.8 Å². The Hall–Kier alpha value is -2.57. The fraction of sp³-hybridized carbons (Fsp3) is 0.333. The lowest BCUT2D eigenvalue weighted by molar-refractivity contribution is -0.116. The molecule has 0 bridgehead atoms. The number of aromatic nitrogens is 1. The Morgan fingerprint density at radius 3 is 2.57 bits per heavy atom. The van der Waals surface area contributed by atoms with E-state index in [1.165, 1.54) is 16.3 Å². The minimum atomic E-state index is 0.226. The summed E-state index contributed by atoms with van der Waals surface area (Å²) < 4.78 is 0. The Labute approximate surface area is 181 Å². The van der Waals surface area contributed by atoms with Crippen LogP contribution in [0.3, 0.4) is 0 Å². The van der Waals surface area contributed by atoms with Gasteiger partial charge in [0, 0.05) is 62.3 Å². The van der Waals surface area contributed by atoms with E-state index in [0.717, 1.165) is 56.5 Å². The van der Waals surface area contributed by atoms with Crippen LogP contribution < -0.4 is 9.80 Å². The van der Waals surface area contributed by atoms with Gasteiger partial charge in [-0.2, -0.15) is 0 Å². The Morgan fingerprint density at radius 2 is 1.67 bits per heavy atom. The quantitative estimate of drug-likeness (QED) is 0.647. The number of amides is 1. The predicted molar refractivity (Wildman–Crippen MR) is 125 cm³/mol. The maximum absolute atomic E-state index is 12.7. The molecule has 0 aliphatic carbocycles. The van der Waals surface area contributed by atoms with E-state index in [1.54, 1.807) is 11.8 Å². The molecule has 2 aromatic carbocycles. The van der Waals surface area contributed by atoms with Crippen molar-refractivity contribution in [2.24, 2.45) is 0 Å². The summed E-state index contributed by atoms with van der Waals surface area (Å²) in [7, 11) is 0. The fourth-order valence-electron chi connectivity index (χ4n) is 4.38. The minimum Gasteiger partial charge on any atom is -0.354 e. The molecule has 1 amide bonds. The van der Waals surface area contributed by atoms with Gasteiger partial charge in [-0.15, -0.1) is 11.8 Å². The lowest BCUT2D eigenvalue weighted by atomic mass is 10.1. The second kappa shape index (κ2) is 8.66. The second-order valence-corrected chi connectivity index (χ2v) is 8.84. The molecule has 0 unspecified atom stereocenters. The summed E-state index contributed by atoms with van der Waals surface area (Å²) in [4.78, 5) is 24.2. The van der Waals surface area contributed by atoms with Crippen LogP contribution >= 0.6 is 11.8 Å². The number of nitrogens with zero attached hydrogens (tertiary/aromatic N) is 4. The molecule has 0 spiro atoms. The summed E-state index contributed by atoms with van der Waals surface area (Å²) in [6, 6.07) is 18.9. The number of rotatable bonds is 4. The van der Waals surface area contributed by atoms with E-state index in [4.69, 9.17) is 0 Å². The van der Waals surface area contributed by atoms with Crippen molar-refractivity contribution < 1.29 is 4.79 Å². The number of carbonyl (C=O) groups is 1. The van der Waals surface area contributed by atoms with E-state index in [1.807, 2.05) is 17.2 Å². The van der Waals surface area contributed by atoms with Gasteiger partial charge in [0.2, 0.25) is 5.91 Å². The highest BCUT2D eigenvalue weighted by Gasteiger charge is 2.24. The number of para-hydroxylation sites is 1. The molecule has 0 saturated carbocycles. The molecule has 5 rings (SSSR count). The molecule has 1 aromatic heterocycles. The number of benzene rings is 2. The zero-order chi connectivity index (χ0) is 20.3. The van der Waals surface area contributed by atoms with Crippen molar-refractivity contribution in [1.29, 1.82) is 0 Å². The Bertz CT molecular complexity index is 1040. The lowest BCUT2D eigenvalue weighted by Gasteiger charge is -2.36.